The zero-order valence-electron chi connectivity index (χ0n) is 11.3. The molecule has 1 aromatic rings. The minimum atomic E-state index is -4.62. The van der Waals surface area contributed by atoms with E-state index < -0.39 is 29.3 Å². The maximum absolute atomic E-state index is 13.4. The van der Waals surface area contributed by atoms with E-state index in [1.54, 1.807) is 6.92 Å². The van der Waals surface area contributed by atoms with Crippen LogP contribution in [0.5, 0.6) is 0 Å². The summed E-state index contributed by atoms with van der Waals surface area (Å²) < 4.78 is 51.0. The molecule has 0 heterocycles. The number of rotatable bonds is 5. The van der Waals surface area contributed by atoms with Gasteiger partial charge in [0.2, 0.25) is 0 Å². The zero-order chi connectivity index (χ0) is 16.0. The van der Waals surface area contributed by atoms with Crippen molar-refractivity contribution in [2.24, 2.45) is 0 Å². The molecule has 1 unspecified atom stereocenters. The Balaban J connectivity index is 2.80. The maximum atomic E-state index is 13.4. The molecule has 0 aliphatic rings. The number of hydrogen-bond acceptors (Lipinski definition) is 2. The second-order valence-corrected chi connectivity index (χ2v) is 4.41. The molecule has 0 radical (unpaired) electrons. The average molecular weight is 308 g/mol. The van der Waals surface area contributed by atoms with Crippen LogP contribution in [0, 0.1) is 5.82 Å². The number of halogens is 4. The van der Waals surface area contributed by atoms with Gasteiger partial charge in [-0.1, -0.05) is 6.92 Å². The highest BCUT2D eigenvalue weighted by Crippen LogP contribution is 2.31. The van der Waals surface area contributed by atoms with Gasteiger partial charge in [-0.3, -0.25) is 0 Å². The van der Waals surface area contributed by atoms with Crippen molar-refractivity contribution < 1.29 is 27.5 Å². The van der Waals surface area contributed by atoms with Gasteiger partial charge < -0.3 is 15.7 Å². The van der Waals surface area contributed by atoms with E-state index in [4.69, 9.17) is 5.11 Å². The maximum Gasteiger partial charge on any atom is 0.416 e. The Kier molecular flexibility index (Phi) is 5.95. The Morgan fingerprint density at radius 3 is 2.57 bits per heavy atom. The Morgan fingerprint density at radius 2 is 2.05 bits per heavy atom. The van der Waals surface area contributed by atoms with E-state index in [9.17, 15) is 22.4 Å². The lowest BCUT2D eigenvalue weighted by molar-refractivity contribution is -0.137. The summed E-state index contributed by atoms with van der Waals surface area (Å²) in [5, 5.41) is 13.3. The van der Waals surface area contributed by atoms with Crippen LogP contribution < -0.4 is 10.6 Å². The van der Waals surface area contributed by atoms with Crippen LogP contribution in [0.25, 0.3) is 0 Å². The SMILES string of the molecule is CCC(CCO)NC(=O)Nc1cc(C(F)(F)F)ccc1F. The van der Waals surface area contributed by atoms with Crippen LogP contribution >= 0.6 is 0 Å². The number of carbonyl (C=O) groups excluding carboxylic acids is 1. The third kappa shape index (κ3) is 5.22. The molecule has 21 heavy (non-hydrogen) atoms. The van der Waals surface area contributed by atoms with E-state index in [2.05, 4.69) is 5.32 Å². The van der Waals surface area contributed by atoms with Crippen LogP contribution in [-0.4, -0.2) is 23.8 Å². The predicted octanol–water partition coefficient (Wildman–Crippen LogP) is 3.13. The van der Waals surface area contributed by atoms with Crippen LogP contribution in [0.3, 0.4) is 0 Å². The average Bonchev–Trinajstić information content (AvgIpc) is 2.39. The number of amides is 2. The van der Waals surface area contributed by atoms with Crippen molar-refractivity contribution >= 4 is 11.7 Å². The molecule has 118 valence electrons. The number of nitrogens with one attached hydrogen (secondary N) is 2. The molecule has 0 saturated carbocycles. The van der Waals surface area contributed by atoms with Gasteiger partial charge in [0.15, 0.2) is 0 Å². The second-order valence-electron chi connectivity index (χ2n) is 4.41. The van der Waals surface area contributed by atoms with Crippen LogP contribution in [-0.2, 0) is 6.18 Å². The number of aliphatic hydroxyl groups is 1. The molecule has 4 nitrogen and oxygen atoms in total. The van der Waals surface area contributed by atoms with Crippen molar-refractivity contribution in [2.45, 2.75) is 32.0 Å². The van der Waals surface area contributed by atoms with Gasteiger partial charge in [-0.05, 0) is 31.0 Å². The Morgan fingerprint density at radius 1 is 1.38 bits per heavy atom. The fourth-order valence-corrected chi connectivity index (χ4v) is 1.68. The quantitative estimate of drug-likeness (QED) is 0.732. The summed E-state index contributed by atoms with van der Waals surface area (Å²) in [6.07, 6.45) is -3.79. The minimum Gasteiger partial charge on any atom is -0.396 e. The summed E-state index contributed by atoms with van der Waals surface area (Å²) in [6.45, 7) is 1.63. The van der Waals surface area contributed by atoms with Crippen molar-refractivity contribution in [2.75, 3.05) is 11.9 Å². The van der Waals surface area contributed by atoms with Crippen LogP contribution in [0.15, 0.2) is 18.2 Å². The first-order valence-electron chi connectivity index (χ1n) is 6.33. The standard InChI is InChI=1S/C13H16F4N2O2/c1-2-9(5-6-20)18-12(21)19-11-7-8(13(15,16)17)3-4-10(11)14/h3-4,7,9,20H,2,5-6H2,1H3,(H2,18,19,21). The monoisotopic (exact) mass is 308 g/mol. The molecule has 1 aromatic carbocycles. The lowest BCUT2D eigenvalue weighted by Gasteiger charge is -2.17. The van der Waals surface area contributed by atoms with Gasteiger partial charge in [-0.15, -0.1) is 0 Å². The Labute approximate surface area is 119 Å². The van der Waals surface area contributed by atoms with Gasteiger partial charge in [0, 0.05) is 12.6 Å². The first kappa shape index (κ1) is 17.2. The minimum absolute atomic E-state index is 0.142. The first-order chi connectivity index (χ1) is 9.77. The summed E-state index contributed by atoms with van der Waals surface area (Å²) in [6, 6.07) is 0.599. The highest BCUT2D eigenvalue weighted by molar-refractivity contribution is 5.89. The molecule has 0 aliphatic carbocycles. The molecule has 0 fully saturated rings. The van der Waals surface area contributed by atoms with Crippen LogP contribution in [0.4, 0.5) is 28.0 Å². The smallest absolute Gasteiger partial charge is 0.396 e. The summed E-state index contributed by atoms with van der Waals surface area (Å²) >= 11 is 0. The van der Waals surface area contributed by atoms with Gasteiger partial charge >= 0.3 is 12.2 Å². The molecule has 0 aliphatic heterocycles. The number of anilines is 1. The fraction of sp³-hybridized carbons (Fsp3) is 0.462. The van der Waals surface area contributed by atoms with Crippen molar-refractivity contribution in [3.8, 4) is 0 Å². The van der Waals surface area contributed by atoms with Crippen molar-refractivity contribution in [3.05, 3.63) is 29.6 Å². The largest absolute Gasteiger partial charge is 0.416 e. The first-order valence-corrected chi connectivity index (χ1v) is 6.33. The topological polar surface area (TPSA) is 61.4 Å². The number of carbonyl (C=O) groups is 1. The van der Waals surface area contributed by atoms with Crippen LogP contribution in [0.1, 0.15) is 25.3 Å². The molecule has 1 atom stereocenters. The van der Waals surface area contributed by atoms with Gasteiger partial charge in [-0.2, -0.15) is 13.2 Å². The number of alkyl halides is 3. The van der Waals surface area contributed by atoms with E-state index in [0.29, 0.717) is 31.0 Å². The van der Waals surface area contributed by atoms with E-state index in [0.717, 1.165) is 0 Å². The lowest BCUT2D eigenvalue weighted by Crippen LogP contribution is -2.38. The van der Waals surface area contributed by atoms with Gasteiger partial charge in [0.1, 0.15) is 5.82 Å². The Bertz CT molecular complexity index is 492. The van der Waals surface area contributed by atoms with Crippen molar-refractivity contribution in [1.29, 1.82) is 0 Å². The van der Waals surface area contributed by atoms with Gasteiger partial charge in [-0.25, -0.2) is 9.18 Å². The summed E-state index contributed by atoms with van der Waals surface area (Å²) in [4.78, 5) is 11.6. The fourth-order valence-electron chi connectivity index (χ4n) is 1.68. The van der Waals surface area contributed by atoms with Gasteiger partial charge in [0.05, 0.1) is 11.3 Å². The van der Waals surface area contributed by atoms with E-state index in [1.807, 2.05) is 5.32 Å². The molecule has 8 heteroatoms. The zero-order valence-corrected chi connectivity index (χ0v) is 11.3. The number of benzene rings is 1. The van der Waals surface area contributed by atoms with Crippen molar-refractivity contribution in [3.63, 3.8) is 0 Å². The third-order valence-corrected chi connectivity index (χ3v) is 2.85. The molecule has 3 N–H and O–H groups in total. The molecule has 2 amide bonds. The summed E-state index contributed by atoms with van der Waals surface area (Å²) in [5.74, 6) is -0.964. The van der Waals surface area contributed by atoms with E-state index in [-0.39, 0.29) is 12.6 Å². The molecule has 0 bridgehead atoms. The number of aliphatic hydroxyl groups excluding tert-OH is 1. The summed E-state index contributed by atoms with van der Waals surface area (Å²) in [5.41, 5.74) is -1.61. The normalized spacial score (nSPS) is 12.9. The van der Waals surface area contributed by atoms with Crippen molar-refractivity contribution in [1.82, 2.24) is 5.32 Å². The molecular formula is C13H16F4N2O2. The highest BCUT2D eigenvalue weighted by Gasteiger charge is 2.31. The third-order valence-electron chi connectivity index (χ3n) is 2.85. The number of urea groups is 1. The number of hydrogen-bond donors (Lipinski definition) is 3. The second kappa shape index (κ2) is 7.26. The molecule has 0 spiro atoms. The summed E-state index contributed by atoms with van der Waals surface area (Å²) in [7, 11) is 0. The molecule has 0 aromatic heterocycles. The molecule has 1 rings (SSSR count). The van der Waals surface area contributed by atoms with Crippen LogP contribution in [0.2, 0.25) is 0 Å². The lowest BCUT2D eigenvalue weighted by atomic mass is 10.1. The molecule has 0 saturated heterocycles. The Hall–Kier alpha value is -1.83. The highest BCUT2D eigenvalue weighted by atomic mass is 19.4. The van der Waals surface area contributed by atoms with E-state index in [1.165, 1.54) is 0 Å². The predicted molar refractivity (Wildman–Crippen MR) is 69.3 cm³/mol. The van der Waals surface area contributed by atoms with E-state index >= 15 is 0 Å². The van der Waals surface area contributed by atoms with Gasteiger partial charge in [0.25, 0.3) is 0 Å². The molecular weight excluding hydrogens is 292 g/mol.